The quantitative estimate of drug-likeness (QED) is 0.564. The summed E-state index contributed by atoms with van der Waals surface area (Å²) in [4.78, 5) is 11.2. The molecule has 0 radical (unpaired) electrons. The summed E-state index contributed by atoms with van der Waals surface area (Å²) >= 11 is 0. The lowest BCUT2D eigenvalue weighted by Crippen LogP contribution is -2.40. The van der Waals surface area contributed by atoms with Gasteiger partial charge in [-0.05, 0) is 6.92 Å². The van der Waals surface area contributed by atoms with Gasteiger partial charge in [-0.3, -0.25) is 4.79 Å². The Hall–Kier alpha value is -1.13. The van der Waals surface area contributed by atoms with Gasteiger partial charge in [0.1, 0.15) is 9.84 Å². The van der Waals surface area contributed by atoms with Crippen molar-refractivity contribution in [2.75, 3.05) is 25.1 Å². The van der Waals surface area contributed by atoms with Gasteiger partial charge >= 0.3 is 0 Å². The maximum atomic E-state index is 11.2. The van der Waals surface area contributed by atoms with Crippen LogP contribution in [-0.2, 0) is 14.6 Å². The van der Waals surface area contributed by atoms with E-state index in [-0.39, 0.29) is 30.7 Å². The first kappa shape index (κ1) is 14.9. The van der Waals surface area contributed by atoms with Crippen LogP contribution in [0, 0.1) is 11.3 Å². The molecule has 0 aliphatic carbocycles. The fourth-order valence-electron chi connectivity index (χ4n) is 1.10. The molecule has 0 spiro atoms. The number of nitriles is 1. The van der Waals surface area contributed by atoms with Gasteiger partial charge < -0.3 is 10.6 Å². The van der Waals surface area contributed by atoms with E-state index in [0.717, 1.165) is 6.26 Å². The van der Waals surface area contributed by atoms with Gasteiger partial charge in [-0.15, -0.1) is 0 Å². The molecule has 1 unspecified atom stereocenters. The van der Waals surface area contributed by atoms with Gasteiger partial charge in [-0.1, -0.05) is 0 Å². The summed E-state index contributed by atoms with van der Waals surface area (Å²) in [5.41, 5.74) is 0. The predicted molar refractivity (Wildman–Crippen MR) is 60.4 cm³/mol. The van der Waals surface area contributed by atoms with Gasteiger partial charge in [0, 0.05) is 18.8 Å². The van der Waals surface area contributed by atoms with E-state index in [1.165, 1.54) is 0 Å². The molecular formula is C9H17N3O3S. The van der Waals surface area contributed by atoms with Gasteiger partial charge in [-0.25, -0.2) is 8.42 Å². The molecule has 0 aliphatic rings. The van der Waals surface area contributed by atoms with Crippen LogP contribution < -0.4 is 10.6 Å². The van der Waals surface area contributed by atoms with Crippen molar-refractivity contribution < 1.29 is 13.2 Å². The van der Waals surface area contributed by atoms with Crippen LogP contribution in [0.25, 0.3) is 0 Å². The Bertz CT molecular complexity index is 359. The SMILES string of the molecule is CC(CS(C)(=O)=O)NCC(=O)NCCC#N. The lowest BCUT2D eigenvalue weighted by Gasteiger charge is -2.12. The average Bonchev–Trinajstić information content (AvgIpc) is 2.12. The normalized spacial score (nSPS) is 12.8. The second-order valence-electron chi connectivity index (χ2n) is 3.63. The molecule has 0 bridgehead atoms. The second kappa shape index (κ2) is 7.19. The number of carbonyl (C=O) groups excluding carboxylic acids is 1. The van der Waals surface area contributed by atoms with E-state index in [9.17, 15) is 13.2 Å². The Morgan fingerprint density at radius 3 is 2.62 bits per heavy atom. The van der Waals surface area contributed by atoms with Crippen molar-refractivity contribution in [1.82, 2.24) is 10.6 Å². The zero-order valence-electron chi connectivity index (χ0n) is 9.49. The molecule has 7 heteroatoms. The highest BCUT2D eigenvalue weighted by Gasteiger charge is 2.10. The van der Waals surface area contributed by atoms with E-state index >= 15 is 0 Å². The molecule has 0 aromatic rings. The molecule has 92 valence electrons. The lowest BCUT2D eigenvalue weighted by molar-refractivity contribution is -0.120. The lowest BCUT2D eigenvalue weighted by atomic mass is 10.4. The largest absolute Gasteiger partial charge is 0.354 e. The fourth-order valence-corrected chi connectivity index (χ4v) is 2.13. The summed E-state index contributed by atoms with van der Waals surface area (Å²) in [7, 11) is -3.03. The summed E-state index contributed by atoms with van der Waals surface area (Å²) in [6.45, 7) is 2.07. The summed E-state index contributed by atoms with van der Waals surface area (Å²) < 4.78 is 21.8. The Labute approximate surface area is 95.9 Å². The van der Waals surface area contributed by atoms with Crippen LogP contribution in [0.3, 0.4) is 0 Å². The average molecular weight is 247 g/mol. The van der Waals surface area contributed by atoms with Crippen molar-refractivity contribution in [3.63, 3.8) is 0 Å². The number of nitrogens with zero attached hydrogens (tertiary/aromatic N) is 1. The standard InChI is InChI=1S/C9H17N3O3S/c1-8(7-16(2,14)15)12-6-9(13)11-5-3-4-10/h8,12H,3,5-7H2,1-2H3,(H,11,13). The molecule has 0 rings (SSSR count). The van der Waals surface area contributed by atoms with Gasteiger partial charge in [0.15, 0.2) is 0 Å². The van der Waals surface area contributed by atoms with Gasteiger partial charge in [0.2, 0.25) is 5.91 Å². The van der Waals surface area contributed by atoms with Crippen molar-refractivity contribution in [3.8, 4) is 6.07 Å². The molecule has 0 fully saturated rings. The number of hydrogen-bond donors (Lipinski definition) is 2. The summed E-state index contributed by atoms with van der Waals surface area (Å²) in [5.74, 6) is -0.242. The third-order valence-electron chi connectivity index (χ3n) is 1.72. The first-order valence-corrected chi connectivity index (χ1v) is 6.96. The minimum absolute atomic E-state index is 0.00151. The number of rotatable bonds is 7. The maximum Gasteiger partial charge on any atom is 0.233 e. The number of nitrogens with one attached hydrogen (secondary N) is 2. The van der Waals surface area contributed by atoms with Crippen LogP contribution in [0.2, 0.25) is 0 Å². The number of amides is 1. The van der Waals surface area contributed by atoms with E-state index < -0.39 is 9.84 Å². The highest BCUT2D eigenvalue weighted by molar-refractivity contribution is 7.90. The summed E-state index contributed by atoms with van der Waals surface area (Å²) in [6.07, 6.45) is 1.42. The number of hydrogen-bond acceptors (Lipinski definition) is 5. The predicted octanol–water partition coefficient (Wildman–Crippen LogP) is -0.961. The van der Waals surface area contributed by atoms with E-state index in [1.807, 2.05) is 6.07 Å². The molecule has 16 heavy (non-hydrogen) atoms. The topological polar surface area (TPSA) is 99.1 Å². The zero-order valence-corrected chi connectivity index (χ0v) is 10.3. The Balaban J connectivity index is 3.72. The van der Waals surface area contributed by atoms with Crippen LogP contribution in [0.15, 0.2) is 0 Å². The summed E-state index contributed by atoms with van der Waals surface area (Å²) in [6, 6.07) is 1.64. The van der Waals surface area contributed by atoms with Crippen LogP contribution in [0.4, 0.5) is 0 Å². The fraction of sp³-hybridized carbons (Fsp3) is 0.778. The zero-order chi connectivity index (χ0) is 12.6. The Morgan fingerprint density at radius 2 is 2.12 bits per heavy atom. The van der Waals surface area contributed by atoms with E-state index in [1.54, 1.807) is 6.92 Å². The van der Waals surface area contributed by atoms with Crippen molar-refractivity contribution in [3.05, 3.63) is 0 Å². The highest BCUT2D eigenvalue weighted by atomic mass is 32.2. The monoisotopic (exact) mass is 247 g/mol. The van der Waals surface area contributed by atoms with Crippen molar-refractivity contribution in [2.24, 2.45) is 0 Å². The van der Waals surface area contributed by atoms with Gasteiger partial charge in [0.25, 0.3) is 0 Å². The third-order valence-corrected chi connectivity index (χ3v) is 2.83. The smallest absolute Gasteiger partial charge is 0.233 e. The Morgan fingerprint density at radius 1 is 1.50 bits per heavy atom. The molecule has 1 atom stereocenters. The molecule has 2 N–H and O–H groups in total. The van der Waals surface area contributed by atoms with Gasteiger partial charge in [-0.2, -0.15) is 5.26 Å². The van der Waals surface area contributed by atoms with E-state index in [0.29, 0.717) is 6.54 Å². The van der Waals surface area contributed by atoms with Crippen LogP contribution in [0.1, 0.15) is 13.3 Å². The molecule has 0 aliphatic heterocycles. The minimum atomic E-state index is -3.03. The molecule has 0 aromatic heterocycles. The highest BCUT2D eigenvalue weighted by Crippen LogP contribution is 1.89. The van der Waals surface area contributed by atoms with Crippen LogP contribution in [-0.4, -0.2) is 45.5 Å². The third kappa shape index (κ3) is 9.43. The second-order valence-corrected chi connectivity index (χ2v) is 5.82. The summed E-state index contributed by atoms with van der Waals surface area (Å²) in [5, 5.41) is 13.6. The van der Waals surface area contributed by atoms with Crippen LogP contribution in [0.5, 0.6) is 0 Å². The molecule has 0 saturated heterocycles. The first-order chi connectivity index (χ1) is 7.35. The number of carbonyl (C=O) groups is 1. The Kier molecular flexibility index (Phi) is 6.69. The van der Waals surface area contributed by atoms with Crippen molar-refractivity contribution in [2.45, 2.75) is 19.4 Å². The maximum absolute atomic E-state index is 11.2. The van der Waals surface area contributed by atoms with Gasteiger partial charge in [0.05, 0.1) is 24.8 Å². The molecule has 1 amide bonds. The van der Waals surface area contributed by atoms with E-state index in [4.69, 9.17) is 5.26 Å². The molecule has 0 aromatic carbocycles. The molecule has 0 saturated carbocycles. The van der Waals surface area contributed by atoms with Crippen molar-refractivity contribution >= 4 is 15.7 Å². The number of sulfone groups is 1. The molecular weight excluding hydrogens is 230 g/mol. The molecule has 6 nitrogen and oxygen atoms in total. The first-order valence-electron chi connectivity index (χ1n) is 4.90. The van der Waals surface area contributed by atoms with E-state index in [2.05, 4.69) is 10.6 Å². The van der Waals surface area contributed by atoms with Crippen LogP contribution >= 0.6 is 0 Å². The minimum Gasteiger partial charge on any atom is -0.354 e. The van der Waals surface area contributed by atoms with Crippen molar-refractivity contribution in [1.29, 1.82) is 5.26 Å². The molecule has 0 heterocycles.